The highest BCUT2D eigenvalue weighted by Gasteiger charge is 2.21. The number of hydrogen-bond acceptors (Lipinski definition) is 5. The van der Waals surface area contributed by atoms with E-state index in [-0.39, 0.29) is 23.3 Å². The van der Waals surface area contributed by atoms with Crippen LogP contribution in [0.5, 0.6) is 0 Å². The lowest BCUT2D eigenvalue weighted by Crippen LogP contribution is -2.39. The zero-order valence-electron chi connectivity index (χ0n) is 17.2. The summed E-state index contributed by atoms with van der Waals surface area (Å²) in [6.07, 6.45) is 1.84. The molecule has 158 valence electrons. The molecule has 1 aliphatic heterocycles. The number of imidazole rings is 1. The van der Waals surface area contributed by atoms with Crippen LogP contribution in [0.3, 0.4) is 0 Å². The van der Waals surface area contributed by atoms with Crippen LogP contribution in [0, 0.1) is 5.92 Å². The Hall–Kier alpha value is -2.71. The molecule has 4 rings (SSSR count). The smallest absolute Gasteiger partial charge is 0.228 e. The molecule has 30 heavy (non-hydrogen) atoms. The Kier molecular flexibility index (Phi) is 5.62. The molecule has 0 spiro atoms. The van der Waals surface area contributed by atoms with Crippen molar-refractivity contribution in [1.82, 2.24) is 14.3 Å². The largest absolute Gasteiger partial charge is 0.309 e. The van der Waals surface area contributed by atoms with Gasteiger partial charge >= 0.3 is 0 Å². The van der Waals surface area contributed by atoms with E-state index < -0.39 is 9.84 Å². The lowest BCUT2D eigenvalue weighted by atomic mass is 10.1. The van der Waals surface area contributed by atoms with E-state index >= 15 is 0 Å². The third-order valence-corrected chi connectivity index (χ3v) is 6.97. The van der Waals surface area contributed by atoms with Crippen LogP contribution in [0.25, 0.3) is 16.9 Å². The van der Waals surface area contributed by atoms with Crippen LogP contribution in [0.2, 0.25) is 0 Å². The molecule has 0 atom stereocenters. The Morgan fingerprint density at radius 3 is 2.47 bits per heavy atom. The number of benzene rings is 1. The van der Waals surface area contributed by atoms with E-state index in [1.165, 1.54) is 0 Å². The van der Waals surface area contributed by atoms with Crippen LogP contribution in [0.4, 0.5) is 5.82 Å². The first-order valence-electron chi connectivity index (χ1n) is 10.1. The van der Waals surface area contributed by atoms with Gasteiger partial charge in [-0.3, -0.25) is 14.1 Å². The molecule has 1 amide bonds. The van der Waals surface area contributed by atoms with Gasteiger partial charge in [0.05, 0.1) is 23.4 Å². The molecular formula is C22H26N4O3S. The number of nitrogens with zero attached hydrogens (tertiary/aromatic N) is 3. The average molecular weight is 427 g/mol. The van der Waals surface area contributed by atoms with E-state index in [2.05, 4.69) is 39.5 Å². The van der Waals surface area contributed by atoms with Crippen LogP contribution >= 0.6 is 0 Å². The average Bonchev–Trinajstić information content (AvgIpc) is 3.12. The normalized spacial score (nSPS) is 16.8. The molecule has 8 heteroatoms. The molecule has 3 aromatic rings. The van der Waals surface area contributed by atoms with Crippen molar-refractivity contribution >= 4 is 27.2 Å². The van der Waals surface area contributed by atoms with Crippen molar-refractivity contribution in [2.75, 3.05) is 29.9 Å². The van der Waals surface area contributed by atoms with Gasteiger partial charge in [0.15, 0.2) is 15.7 Å². The van der Waals surface area contributed by atoms with Gasteiger partial charge < -0.3 is 5.32 Å². The number of pyridine rings is 1. The third kappa shape index (κ3) is 4.55. The molecular weight excluding hydrogens is 400 g/mol. The molecule has 0 saturated carbocycles. The summed E-state index contributed by atoms with van der Waals surface area (Å²) in [6.45, 7) is 5.62. The standard InChI is InChI=1S/C22H26N4O3S/c1-16(2)22(27)24-20-15-26-19(4-3-5-21(26)23-20)18-8-6-17(7-9-18)14-25-10-12-30(28,29)13-11-25/h3-9,15-16H,10-14H2,1-2H3,(H,24,27). The highest BCUT2D eigenvalue weighted by Crippen LogP contribution is 2.24. The van der Waals surface area contributed by atoms with Gasteiger partial charge in [-0.05, 0) is 23.3 Å². The number of carbonyl (C=O) groups is 1. The predicted molar refractivity (Wildman–Crippen MR) is 118 cm³/mol. The van der Waals surface area contributed by atoms with Crippen LogP contribution in [0.1, 0.15) is 19.4 Å². The van der Waals surface area contributed by atoms with Crippen LogP contribution in [0.15, 0.2) is 48.7 Å². The molecule has 2 aromatic heterocycles. The van der Waals surface area contributed by atoms with Crippen molar-refractivity contribution in [3.05, 3.63) is 54.2 Å². The van der Waals surface area contributed by atoms with Gasteiger partial charge in [-0.2, -0.15) is 0 Å². The Labute approximate surface area is 176 Å². The molecule has 3 heterocycles. The summed E-state index contributed by atoms with van der Waals surface area (Å²) < 4.78 is 25.2. The maximum Gasteiger partial charge on any atom is 0.228 e. The highest BCUT2D eigenvalue weighted by atomic mass is 32.2. The summed E-state index contributed by atoms with van der Waals surface area (Å²) in [5, 5.41) is 2.85. The van der Waals surface area contributed by atoms with Crippen molar-refractivity contribution in [3.8, 4) is 11.3 Å². The van der Waals surface area contributed by atoms with Crippen molar-refractivity contribution in [2.45, 2.75) is 20.4 Å². The fraction of sp³-hybridized carbons (Fsp3) is 0.364. The summed E-state index contributed by atoms with van der Waals surface area (Å²) >= 11 is 0. The van der Waals surface area contributed by atoms with Gasteiger partial charge in [0.2, 0.25) is 5.91 Å². The van der Waals surface area contributed by atoms with E-state index in [0.29, 0.717) is 18.9 Å². The molecule has 1 fully saturated rings. The van der Waals surface area contributed by atoms with Gasteiger partial charge in [-0.15, -0.1) is 0 Å². The van der Waals surface area contributed by atoms with Crippen LogP contribution < -0.4 is 5.32 Å². The molecule has 1 N–H and O–H groups in total. The van der Waals surface area contributed by atoms with E-state index in [0.717, 1.165) is 29.0 Å². The third-order valence-electron chi connectivity index (χ3n) is 5.36. The number of aromatic nitrogens is 2. The Morgan fingerprint density at radius 2 is 1.80 bits per heavy atom. The number of sulfone groups is 1. The molecule has 0 unspecified atom stereocenters. The van der Waals surface area contributed by atoms with E-state index in [9.17, 15) is 13.2 Å². The highest BCUT2D eigenvalue weighted by molar-refractivity contribution is 7.91. The molecule has 0 radical (unpaired) electrons. The number of fused-ring (bicyclic) bond motifs is 1. The van der Waals surface area contributed by atoms with Crippen LogP contribution in [-0.4, -0.2) is 53.2 Å². The molecule has 1 saturated heterocycles. The summed E-state index contributed by atoms with van der Waals surface area (Å²) in [5.74, 6) is 0.849. The molecule has 0 aliphatic carbocycles. The predicted octanol–water partition coefficient (Wildman–Crippen LogP) is 2.83. The van der Waals surface area contributed by atoms with E-state index in [1.807, 2.05) is 42.6 Å². The monoisotopic (exact) mass is 426 g/mol. The van der Waals surface area contributed by atoms with Crippen molar-refractivity contribution in [3.63, 3.8) is 0 Å². The summed E-state index contributed by atoms with van der Waals surface area (Å²) in [6, 6.07) is 14.2. The maximum absolute atomic E-state index is 12.0. The fourth-order valence-electron chi connectivity index (χ4n) is 3.52. The summed E-state index contributed by atoms with van der Waals surface area (Å²) in [4.78, 5) is 18.7. The Bertz CT molecular complexity index is 1150. The van der Waals surface area contributed by atoms with E-state index in [4.69, 9.17) is 0 Å². The van der Waals surface area contributed by atoms with E-state index in [1.54, 1.807) is 0 Å². The zero-order chi connectivity index (χ0) is 21.3. The fourth-order valence-corrected chi connectivity index (χ4v) is 4.80. The summed E-state index contributed by atoms with van der Waals surface area (Å²) in [5.41, 5.74) is 3.95. The number of hydrogen-bond donors (Lipinski definition) is 1. The number of anilines is 1. The number of carbonyl (C=O) groups excluding carboxylic acids is 1. The number of amides is 1. The number of nitrogens with one attached hydrogen (secondary N) is 1. The Morgan fingerprint density at radius 1 is 1.10 bits per heavy atom. The minimum absolute atomic E-state index is 0.0604. The van der Waals surface area contributed by atoms with Crippen molar-refractivity contribution < 1.29 is 13.2 Å². The second kappa shape index (κ2) is 8.20. The molecule has 7 nitrogen and oxygen atoms in total. The second-order valence-corrected chi connectivity index (χ2v) is 10.3. The Balaban J connectivity index is 1.52. The first-order chi connectivity index (χ1) is 14.3. The van der Waals surface area contributed by atoms with Crippen molar-refractivity contribution in [1.29, 1.82) is 0 Å². The zero-order valence-corrected chi connectivity index (χ0v) is 18.0. The van der Waals surface area contributed by atoms with Gasteiger partial charge in [0, 0.05) is 25.6 Å². The van der Waals surface area contributed by atoms with Crippen LogP contribution in [-0.2, 0) is 21.2 Å². The van der Waals surface area contributed by atoms with Gasteiger partial charge in [-0.25, -0.2) is 13.4 Å². The topological polar surface area (TPSA) is 83.8 Å². The minimum atomic E-state index is -2.86. The first kappa shape index (κ1) is 20.6. The maximum atomic E-state index is 12.0. The van der Waals surface area contributed by atoms with Crippen molar-refractivity contribution in [2.24, 2.45) is 5.92 Å². The van der Waals surface area contributed by atoms with Gasteiger partial charge in [0.1, 0.15) is 5.65 Å². The number of rotatable bonds is 5. The molecule has 1 aliphatic rings. The SMILES string of the molecule is CC(C)C(=O)Nc1cn2c(-c3ccc(CN4CCS(=O)(=O)CC4)cc3)cccc2n1. The molecule has 1 aromatic carbocycles. The first-order valence-corrected chi connectivity index (χ1v) is 11.9. The second-order valence-electron chi connectivity index (χ2n) is 8.03. The lowest BCUT2D eigenvalue weighted by Gasteiger charge is -2.26. The minimum Gasteiger partial charge on any atom is -0.309 e. The van der Waals surface area contributed by atoms with Gasteiger partial charge in [0.25, 0.3) is 0 Å². The van der Waals surface area contributed by atoms with Gasteiger partial charge in [-0.1, -0.05) is 44.2 Å². The quantitative estimate of drug-likeness (QED) is 0.678. The molecule has 0 bridgehead atoms. The lowest BCUT2D eigenvalue weighted by molar-refractivity contribution is -0.118. The summed E-state index contributed by atoms with van der Waals surface area (Å²) in [7, 11) is -2.86.